The summed E-state index contributed by atoms with van der Waals surface area (Å²) in [6.07, 6.45) is 3.16. The highest BCUT2D eigenvalue weighted by molar-refractivity contribution is 7.89. The number of thiophene rings is 1. The Bertz CT molecular complexity index is 852. The molecule has 0 aliphatic carbocycles. The molecule has 2 rings (SSSR count). The standard InChI is InChI=1S/C18H22N2O3S2/c1-4-20(5-2)25(22,23)17-13-15(9-8-14(17)3)19-18(21)11-10-16-7-6-12-24-16/h6-13H,4-5H2,1-3H3,(H,19,21). The summed E-state index contributed by atoms with van der Waals surface area (Å²) in [6.45, 7) is 6.16. The zero-order chi connectivity index (χ0) is 18.4. The minimum atomic E-state index is -3.57. The fraction of sp³-hybridized carbons (Fsp3) is 0.278. The minimum Gasteiger partial charge on any atom is -0.322 e. The van der Waals surface area contributed by atoms with Gasteiger partial charge in [0.2, 0.25) is 15.9 Å². The number of benzene rings is 1. The van der Waals surface area contributed by atoms with Crippen LogP contribution in [-0.4, -0.2) is 31.7 Å². The van der Waals surface area contributed by atoms with E-state index in [9.17, 15) is 13.2 Å². The van der Waals surface area contributed by atoms with Crippen molar-refractivity contribution < 1.29 is 13.2 Å². The second-order valence-corrected chi connectivity index (χ2v) is 8.29. The summed E-state index contributed by atoms with van der Waals surface area (Å²) >= 11 is 1.54. The van der Waals surface area contributed by atoms with Gasteiger partial charge in [0.05, 0.1) is 4.90 Å². The average molecular weight is 379 g/mol. The van der Waals surface area contributed by atoms with Gasteiger partial charge >= 0.3 is 0 Å². The van der Waals surface area contributed by atoms with Gasteiger partial charge in [0, 0.05) is 29.7 Å². The number of nitrogens with one attached hydrogen (secondary N) is 1. The molecule has 7 heteroatoms. The summed E-state index contributed by atoms with van der Waals surface area (Å²) in [5, 5.41) is 4.65. The van der Waals surface area contributed by atoms with Crippen LogP contribution in [0.3, 0.4) is 0 Å². The predicted molar refractivity (Wildman–Crippen MR) is 103 cm³/mol. The zero-order valence-corrected chi connectivity index (χ0v) is 16.2. The third-order valence-corrected chi connectivity index (χ3v) is 6.75. The van der Waals surface area contributed by atoms with Crippen molar-refractivity contribution in [2.75, 3.05) is 18.4 Å². The Morgan fingerprint density at radius 2 is 1.96 bits per heavy atom. The van der Waals surface area contributed by atoms with Crippen molar-refractivity contribution in [3.63, 3.8) is 0 Å². The monoisotopic (exact) mass is 378 g/mol. The van der Waals surface area contributed by atoms with Crippen LogP contribution in [0.4, 0.5) is 5.69 Å². The highest BCUT2D eigenvalue weighted by Gasteiger charge is 2.23. The highest BCUT2D eigenvalue weighted by atomic mass is 32.2. The van der Waals surface area contributed by atoms with E-state index < -0.39 is 10.0 Å². The Kier molecular flexibility index (Phi) is 6.52. The number of nitrogens with zero attached hydrogens (tertiary/aromatic N) is 1. The minimum absolute atomic E-state index is 0.219. The van der Waals surface area contributed by atoms with E-state index >= 15 is 0 Å². The van der Waals surface area contributed by atoms with Crippen LogP contribution in [-0.2, 0) is 14.8 Å². The van der Waals surface area contributed by atoms with Gasteiger partial charge in [0.15, 0.2) is 0 Å². The van der Waals surface area contributed by atoms with Crippen molar-refractivity contribution in [1.82, 2.24) is 4.31 Å². The largest absolute Gasteiger partial charge is 0.322 e. The fourth-order valence-corrected chi connectivity index (χ4v) is 4.71. The van der Waals surface area contributed by atoms with Gasteiger partial charge in [-0.25, -0.2) is 8.42 Å². The normalized spacial score (nSPS) is 12.0. The molecule has 1 heterocycles. The second kappa shape index (κ2) is 8.42. The quantitative estimate of drug-likeness (QED) is 0.747. The summed E-state index contributed by atoms with van der Waals surface area (Å²) < 4.78 is 26.9. The van der Waals surface area contributed by atoms with E-state index in [2.05, 4.69) is 5.32 Å². The Hall–Kier alpha value is -1.96. The topological polar surface area (TPSA) is 66.5 Å². The van der Waals surface area contributed by atoms with Gasteiger partial charge in [-0.2, -0.15) is 4.31 Å². The van der Waals surface area contributed by atoms with Crippen molar-refractivity contribution in [3.05, 3.63) is 52.2 Å². The van der Waals surface area contributed by atoms with Gasteiger partial charge in [0.25, 0.3) is 0 Å². The molecule has 0 unspecified atom stereocenters. The molecule has 0 bridgehead atoms. The average Bonchev–Trinajstić information content (AvgIpc) is 3.09. The van der Waals surface area contributed by atoms with Crippen molar-refractivity contribution >= 4 is 39.0 Å². The Labute approximate surface area is 153 Å². The summed E-state index contributed by atoms with van der Waals surface area (Å²) in [6, 6.07) is 8.74. The molecule has 1 aromatic heterocycles. The van der Waals surface area contributed by atoms with E-state index in [1.807, 2.05) is 17.5 Å². The number of hydrogen-bond donors (Lipinski definition) is 1. The van der Waals surface area contributed by atoms with Gasteiger partial charge < -0.3 is 5.32 Å². The zero-order valence-electron chi connectivity index (χ0n) is 14.5. The first kappa shape index (κ1) is 19.4. The molecule has 5 nitrogen and oxygen atoms in total. The molecule has 1 aromatic carbocycles. The number of aryl methyl sites for hydroxylation is 1. The first-order valence-corrected chi connectivity index (χ1v) is 10.3. The van der Waals surface area contributed by atoms with E-state index in [4.69, 9.17) is 0 Å². The maximum absolute atomic E-state index is 12.7. The molecule has 0 aliphatic rings. The number of anilines is 1. The SMILES string of the molecule is CCN(CC)S(=O)(=O)c1cc(NC(=O)C=Cc2cccs2)ccc1C. The van der Waals surface area contributed by atoms with Crippen LogP contribution in [0, 0.1) is 6.92 Å². The lowest BCUT2D eigenvalue weighted by Crippen LogP contribution is -2.31. The molecule has 0 atom stereocenters. The van der Waals surface area contributed by atoms with E-state index in [0.717, 1.165) is 4.88 Å². The van der Waals surface area contributed by atoms with Crippen LogP contribution >= 0.6 is 11.3 Å². The van der Waals surface area contributed by atoms with Gasteiger partial charge in [0.1, 0.15) is 0 Å². The molecule has 0 fully saturated rings. The number of amides is 1. The Morgan fingerprint density at radius 1 is 1.24 bits per heavy atom. The van der Waals surface area contributed by atoms with Gasteiger partial charge in [-0.15, -0.1) is 11.3 Å². The Balaban J connectivity index is 2.22. The van der Waals surface area contributed by atoms with Crippen LogP contribution < -0.4 is 5.32 Å². The molecular weight excluding hydrogens is 356 g/mol. The molecule has 0 spiro atoms. The van der Waals surface area contributed by atoms with E-state index in [1.165, 1.54) is 27.8 Å². The lowest BCUT2D eigenvalue weighted by Gasteiger charge is -2.20. The highest BCUT2D eigenvalue weighted by Crippen LogP contribution is 2.23. The molecule has 0 aliphatic heterocycles. The summed E-state index contributed by atoms with van der Waals surface area (Å²) in [7, 11) is -3.57. The first-order chi connectivity index (χ1) is 11.9. The van der Waals surface area contributed by atoms with Crippen molar-refractivity contribution in [2.45, 2.75) is 25.7 Å². The van der Waals surface area contributed by atoms with Crippen LogP contribution in [0.5, 0.6) is 0 Å². The Morgan fingerprint density at radius 3 is 2.56 bits per heavy atom. The fourth-order valence-electron chi connectivity index (χ4n) is 2.39. The number of sulfonamides is 1. The molecule has 134 valence electrons. The van der Waals surface area contributed by atoms with Crippen molar-refractivity contribution in [1.29, 1.82) is 0 Å². The molecule has 0 saturated carbocycles. The van der Waals surface area contributed by atoms with Crippen LogP contribution in [0.2, 0.25) is 0 Å². The molecule has 1 N–H and O–H groups in total. The predicted octanol–water partition coefficient (Wildman–Crippen LogP) is 3.74. The number of rotatable bonds is 7. The molecular formula is C18H22N2O3S2. The molecule has 2 aromatic rings. The maximum atomic E-state index is 12.7. The third-order valence-electron chi connectivity index (χ3n) is 3.72. The summed E-state index contributed by atoms with van der Waals surface area (Å²) in [5.74, 6) is -0.302. The molecule has 1 amide bonds. The summed E-state index contributed by atoms with van der Waals surface area (Å²) in [4.78, 5) is 13.2. The first-order valence-electron chi connectivity index (χ1n) is 8.01. The van der Waals surface area contributed by atoms with Crippen molar-refractivity contribution in [2.24, 2.45) is 0 Å². The maximum Gasteiger partial charge on any atom is 0.248 e. The molecule has 0 radical (unpaired) electrons. The lowest BCUT2D eigenvalue weighted by atomic mass is 10.2. The number of carbonyl (C=O) groups excluding carboxylic acids is 1. The number of hydrogen-bond acceptors (Lipinski definition) is 4. The van der Waals surface area contributed by atoms with Crippen LogP contribution in [0.25, 0.3) is 6.08 Å². The van der Waals surface area contributed by atoms with Gasteiger partial charge in [-0.3, -0.25) is 4.79 Å². The van der Waals surface area contributed by atoms with E-state index in [0.29, 0.717) is 24.3 Å². The summed E-state index contributed by atoms with van der Waals surface area (Å²) in [5.41, 5.74) is 1.11. The lowest BCUT2D eigenvalue weighted by molar-refractivity contribution is -0.111. The molecule has 0 saturated heterocycles. The van der Waals surface area contributed by atoms with Crippen LogP contribution in [0.15, 0.2) is 46.7 Å². The van der Waals surface area contributed by atoms with Gasteiger partial charge in [-0.05, 0) is 42.1 Å². The second-order valence-electron chi connectivity index (χ2n) is 5.41. The smallest absolute Gasteiger partial charge is 0.248 e. The van der Waals surface area contributed by atoms with E-state index in [-0.39, 0.29) is 10.8 Å². The van der Waals surface area contributed by atoms with Crippen molar-refractivity contribution in [3.8, 4) is 0 Å². The molecule has 25 heavy (non-hydrogen) atoms. The van der Waals surface area contributed by atoms with E-state index in [1.54, 1.807) is 39.0 Å². The third kappa shape index (κ3) is 4.78. The van der Waals surface area contributed by atoms with Crippen LogP contribution in [0.1, 0.15) is 24.3 Å². The van der Waals surface area contributed by atoms with Gasteiger partial charge in [-0.1, -0.05) is 26.0 Å². The number of carbonyl (C=O) groups is 1.